The number of methoxy groups -OCH3 is 1. The van der Waals surface area contributed by atoms with Crippen LogP contribution in [0.3, 0.4) is 0 Å². The van der Waals surface area contributed by atoms with Crippen molar-refractivity contribution < 1.29 is 31.9 Å². The Hall–Kier alpha value is -1.83. The third kappa shape index (κ3) is 3.38. The number of nitrogens with one attached hydrogen (secondary N) is 1. The summed E-state index contributed by atoms with van der Waals surface area (Å²) in [5.74, 6) is -7.90. The highest BCUT2D eigenvalue weighted by molar-refractivity contribution is 6.34. The van der Waals surface area contributed by atoms with Crippen molar-refractivity contribution in [3.05, 3.63) is 28.8 Å². The van der Waals surface area contributed by atoms with Gasteiger partial charge in [0.15, 0.2) is 0 Å². The van der Waals surface area contributed by atoms with Crippen molar-refractivity contribution in [3.63, 3.8) is 0 Å². The fraction of sp³-hybridized carbons (Fsp3) is 0.273. The summed E-state index contributed by atoms with van der Waals surface area (Å²) in [7, 11) is 1.08. The Kier molecular flexibility index (Phi) is 4.93. The summed E-state index contributed by atoms with van der Waals surface area (Å²) in [6.07, 6.45) is -4.16. The molecule has 4 nitrogen and oxygen atoms in total. The minimum atomic E-state index is -4.87. The van der Waals surface area contributed by atoms with Crippen LogP contribution in [-0.2, 0) is 9.53 Å². The van der Waals surface area contributed by atoms with Gasteiger partial charge < -0.3 is 10.1 Å². The first-order valence-electron chi connectivity index (χ1n) is 5.05. The van der Waals surface area contributed by atoms with Gasteiger partial charge in [0.25, 0.3) is 0 Å². The van der Waals surface area contributed by atoms with E-state index in [1.807, 2.05) is 0 Å². The average molecular weight is 314 g/mol. The summed E-state index contributed by atoms with van der Waals surface area (Å²) in [6, 6.07) is 3.28. The Morgan fingerprint density at radius 2 is 1.95 bits per heavy atom. The lowest BCUT2D eigenvalue weighted by molar-refractivity contribution is -0.163. The first-order valence-corrected chi connectivity index (χ1v) is 5.43. The van der Waals surface area contributed by atoms with E-state index in [1.165, 1.54) is 6.07 Å². The van der Waals surface area contributed by atoms with Crippen LogP contribution < -0.4 is 5.32 Å². The molecule has 0 aromatic heterocycles. The summed E-state index contributed by atoms with van der Waals surface area (Å²) < 4.78 is 54.0. The van der Waals surface area contributed by atoms with Crippen LogP contribution in [0.4, 0.5) is 23.2 Å². The van der Waals surface area contributed by atoms with E-state index in [1.54, 1.807) is 5.32 Å². The fourth-order valence-corrected chi connectivity index (χ4v) is 1.34. The molecule has 0 fully saturated rings. The number of halogens is 5. The molecule has 110 valence electrons. The van der Waals surface area contributed by atoms with Crippen molar-refractivity contribution >= 4 is 29.2 Å². The number of alkyl halides is 4. The summed E-state index contributed by atoms with van der Waals surface area (Å²) in [4.78, 5) is 22.3. The third-order valence-corrected chi connectivity index (χ3v) is 2.54. The first kappa shape index (κ1) is 16.2. The number of anilines is 1. The van der Waals surface area contributed by atoms with Gasteiger partial charge >= 0.3 is 24.2 Å². The lowest BCUT2D eigenvalue weighted by atomic mass is 10.2. The maximum atomic E-state index is 12.8. The Bertz CT molecular complexity index is 536. The SMILES string of the molecule is COC(=O)c1ccc(Cl)c(NC(=O)C(F)(F)C(F)F)c1. The van der Waals surface area contributed by atoms with Crippen LogP contribution in [0, 0.1) is 0 Å². The zero-order valence-corrected chi connectivity index (χ0v) is 10.7. The summed E-state index contributed by atoms with van der Waals surface area (Å²) in [6.45, 7) is 0. The van der Waals surface area contributed by atoms with Gasteiger partial charge in [-0.05, 0) is 18.2 Å². The number of benzene rings is 1. The van der Waals surface area contributed by atoms with Crippen LogP contribution in [0.25, 0.3) is 0 Å². The van der Waals surface area contributed by atoms with Crippen molar-refractivity contribution in [1.29, 1.82) is 0 Å². The molecule has 0 unspecified atom stereocenters. The van der Waals surface area contributed by atoms with E-state index < -0.39 is 29.9 Å². The number of hydrogen-bond donors (Lipinski definition) is 1. The summed E-state index contributed by atoms with van der Waals surface area (Å²) in [5, 5.41) is 1.34. The van der Waals surface area contributed by atoms with Crippen LogP contribution >= 0.6 is 11.6 Å². The maximum absolute atomic E-state index is 12.8. The molecular weight excluding hydrogens is 306 g/mol. The molecule has 0 radical (unpaired) electrons. The van der Waals surface area contributed by atoms with Gasteiger partial charge in [-0.3, -0.25) is 4.79 Å². The van der Waals surface area contributed by atoms with E-state index in [9.17, 15) is 27.2 Å². The highest BCUT2D eigenvalue weighted by atomic mass is 35.5. The molecule has 9 heteroatoms. The first-order chi connectivity index (χ1) is 9.20. The summed E-state index contributed by atoms with van der Waals surface area (Å²) in [5.41, 5.74) is -0.493. The molecule has 1 amide bonds. The van der Waals surface area contributed by atoms with Crippen molar-refractivity contribution in [2.45, 2.75) is 12.3 Å². The fourth-order valence-electron chi connectivity index (χ4n) is 1.17. The Labute approximate surface area is 115 Å². The van der Waals surface area contributed by atoms with Gasteiger partial charge in [-0.2, -0.15) is 8.78 Å². The molecule has 0 bridgehead atoms. The molecule has 1 aromatic carbocycles. The monoisotopic (exact) mass is 313 g/mol. The molecule has 20 heavy (non-hydrogen) atoms. The van der Waals surface area contributed by atoms with E-state index in [4.69, 9.17) is 11.6 Å². The predicted octanol–water partition coefficient (Wildman–Crippen LogP) is 2.97. The van der Waals surface area contributed by atoms with Crippen LogP contribution in [0.2, 0.25) is 5.02 Å². The number of ether oxygens (including phenoxy) is 1. The number of hydrogen-bond acceptors (Lipinski definition) is 3. The van der Waals surface area contributed by atoms with E-state index in [-0.39, 0.29) is 10.6 Å². The predicted molar refractivity (Wildman–Crippen MR) is 62.4 cm³/mol. The van der Waals surface area contributed by atoms with Crippen molar-refractivity contribution in [2.75, 3.05) is 12.4 Å². The number of carbonyl (C=O) groups is 2. The molecule has 0 aliphatic heterocycles. The molecule has 0 atom stereocenters. The van der Waals surface area contributed by atoms with Gasteiger partial charge in [0.2, 0.25) is 0 Å². The van der Waals surface area contributed by atoms with Gasteiger partial charge in [-0.25, -0.2) is 13.6 Å². The zero-order chi connectivity index (χ0) is 15.5. The van der Waals surface area contributed by atoms with E-state index in [0.29, 0.717) is 0 Å². The number of rotatable bonds is 4. The Morgan fingerprint density at radius 3 is 2.45 bits per heavy atom. The molecule has 0 aliphatic rings. The minimum absolute atomic E-state index is 0.0902. The highest BCUT2D eigenvalue weighted by Crippen LogP contribution is 2.28. The van der Waals surface area contributed by atoms with Crippen molar-refractivity contribution in [3.8, 4) is 0 Å². The number of esters is 1. The number of amides is 1. The van der Waals surface area contributed by atoms with E-state index >= 15 is 0 Å². The maximum Gasteiger partial charge on any atom is 0.383 e. The second kappa shape index (κ2) is 6.08. The molecular formula is C11H8ClF4NO3. The molecule has 1 rings (SSSR count). The molecule has 0 spiro atoms. The van der Waals surface area contributed by atoms with E-state index in [0.717, 1.165) is 19.2 Å². The van der Waals surface area contributed by atoms with Gasteiger partial charge in [-0.15, -0.1) is 0 Å². The normalized spacial score (nSPS) is 11.3. The van der Waals surface area contributed by atoms with Gasteiger partial charge in [0.05, 0.1) is 23.4 Å². The second-order valence-electron chi connectivity index (χ2n) is 3.56. The Morgan fingerprint density at radius 1 is 1.35 bits per heavy atom. The smallest absolute Gasteiger partial charge is 0.383 e. The van der Waals surface area contributed by atoms with Crippen LogP contribution in [-0.4, -0.2) is 31.3 Å². The lowest BCUT2D eigenvalue weighted by Gasteiger charge is -2.15. The molecule has 1 N–H and O–H groups in total. The zero-order valence-electron chi connectivity index (χ0n) is 9.92. The van der Waals surface area contributed by atoms with Gasteiger partial charge in [0, 0.05) is 0 Å². The van der Waals surface area contributed by atoms with Crippen LogP contribution in [0.1, 0.15) is 10.4 Å². The number of carbonyl (C=O) groups excluding carboxylic acids is 2. The molecule has 0 saturated carbocycles. The van der Waals surface area contributed by atoms with Crippen molar-refractivity contribution in [1.82, 2.24) is 0 Å². The highest BCUT2D eigenvalue weighted by Gasteiger charge is 2.49. The summed E-state index contributed by atoms with van der Waals surface area (Å²) >= 11 is 5.62. The van der Waals surface area contributed by atoms with Crippen LogP contribution in [0.15, 0.2) is 18.2 Å². The minimum Gasteiger partial charge on any atom is -0.465 e. The largest absolute Gasteiger partial charge is 0.465 e. The van der Waals surface area contributed by atoms with Crippen molar-refractivity contribution in [2.24, 2.45) is 0 Å². The van der Waals surface area contributed by atoms with Gasteiger partial charge in [0.1, 0.15) is 0 Å². The van der Waals surface area contributed by atoms with Crippen LogP contribution in [0.5, 0.6) is 0 Å². The topological polar surface area (TPSA) is 55.4 Å². The average Bonchev–Trinajstić information content (AvgIpc) is 2.39. The van der Waals surface area contributed by atoms with E-state index in [2.05, 4.69) is 4.74 Å². The standard InChI is InChI=1S/C11H8ClF4NO3/c1-20-8(18)5-2-3-6(12)7(4-5)17-10(19)11(15,16)9(13)14/h2-4,9H,1H3,(H,17,19). The lowest BCUT2D eigenvalue weighted by Crippen LogP contribution is -2.41. The molecule has 0 aliphatic carbocycles. The second-order valence-corrected chi connectivity index (χ2v) is 3.97. The van der Waals surface area contributed by atoms with Gasteiger partial charge in [-0.1, -0.05) is 11.6 Å². The quantitative estimate of drug-likeness (QED) is 0.687. The molecule has 1 aromatic rings. The Balaban J connectivity index is 3.03. The molecule has 0 heterocycles. The third-order valence-electron chi connectivity index (χ3n) is 2.21. The molecule has 0 saturated heterocycles.